The number of rotatable bonds is 5. The van der Waals surface area contributed by atoms with Crippen molar-refractivity contribution >= 4 is 28.9 Å². The van der Waals surface area contributed by atoms with Crippen molar-refractivity contribution in [2.75, 3.05) is 18.1 Å². The summed E-state index contributed by atoms with van der Waals surface area (Å²) in [6.45, 7) is 3.65. The summed E-state index contributed by atoms with van der Waals surface area (Å²) in [5, 5.41) is 18.1. The van der Waals surface area contributed by atoms with Gasteiger partial charge in [-0.1, -0.05) is 0 Å². The smallest absolute Gasteiger partial charge is 0.394 e. The van der Waals surface area contributed by atoms with Crippen molar-refractivity contribution in [3.05, 3.63) is 29.3 Å². The number of alkyl halides is 3. The van der Waals surface area contributed by atoms with E-state index in [0.29, 0.717) is 12.8 Å². The lowest BCUT2D eigenvalue weighted by Gasteiger charge is -2.40. The molecule has 0 aromatic heterocycles. The number of hydrogen-bond acceptors (Lipinski definition) is 5. The molecule has 2 fully saturated rings. The van der Waals surface area contributed by atoms with Crippen LogP contribution in [0.1, 0.15) is 50.7 Å². The number of aliphatic hydroxyl groups is 1. The van der Waals surface area contributed by atoms with Gasteiger partial charge in [-0.3, -0.25) is 9.69 Å². The number of hydrogen-bond donors (Lipinski definition) is 1. The Balaban J connectivity index is 1.88. The molecular weight excluding hydrogens is 431 g/mol. The highest BCUT2D eigenvalue weighted by molar-refractivity contribution is 7.80. The first-order chi connectivity index (χ1) is 14.5. The summed E-state index contributed by atoms with van der Waals surface area (Å²) < 4.78 is 45.8. The molecule has 3 rings (SSSR count). The van der Waals surface area contributed by atoms with Gasteiger partial charge in [0, 0.05) is 6.04 Å². The molecule has 2 aliphatic rings. The third-order valence-corrected chi connectivity index (χ3v) is 6.25. The molecule has 0 atom stereocenters. The van der Waals surface area contributed by atoms with E-state index < -0.39 is 28.7 Å². The van der Waals surface area contributed by atoms with Crippen LogP contribution in [0.5, 0.6) is 0 Å². The molecule has 6 nitrogen and oxygen atoms in total. The molecule has 1 aromatic carbocycles. The number of anilines is 1. The molecular formula is C21H24F3N3O3S. The van der Waals surface area contributed by atoms with Crippen LogP contribution in [0.3, 0.4) is 0 Å². The molecule has 1 amide bonds. The molecule has 10 heteroatoms. The summed E-state index contributed by atoms with van der Waals surface area (Å²) in [5.74, 6) is -0.408. The van der Waals surface area contributed by atoms with Crippen LogP contribution in [0, 0.1) is 11.3 Å². The van der Waals surface area contributed by atoms with Gasteiger partial charge in [-0.25, -0.2) is 0 Å². The Morgan fingerprint density at radius 3 is 2.48 bits per heavy atom. The van der Waals surface area contributed by atoms with Crippen molar-refractivity contribution in [2.24, 2.45) is 0 Å². The van der Waals surface area contributed by atoms with Crippen LogP contribution in [-0.2, 0) is 15.7 Å². The Kier molecular flexibility index (Phi) is 6.60. The topological polar surface area (TPSA) is 76.8 Å². The summed E-state index contributed by atoms with van der Waals surface area (Å²) in [5.41, 5.74) is -2.63. The van der Waals surface area contributed by atoms with Gasteiger partial charge >= 0.3 is 6.18 Å². The van der Waals surface area contributed by atoms with E-state index >= 15 is 0 Å². The third-order valence-electron chi connectivity index (χ3n) is 5.87. The predicted molar refractivity (Wildman–Crippen MR) is 111 cm³/mol. The van der Waals surface area contributed by atoms with Crippen LogP contribution < -0.4 is 4.90 Å². The Bertz CT molecular complexity index is 905. The highest BCUT2D eigenvalue weighted by Gasteiger charge is 2.52. The summed E-state index contributed by atoms with van der Waals surface area (Å²) in [6.07, 6.45) is -1.80. The zero-order valence-electron chi connectivity index (χ0n) is 17.3. The Hall–Kier alpha value is -2.22. The van der Waals surface area contributed by atoms with Gasteiger partial charge in [0.15, 0.2) is 5.11 Å². The fourth-order valence-electron chi connectivity index (χ4n) is 4.34. The van der Waals surface area contributed by atoms with Crippen LogP contribution in [0.15, 0.2) is 18.2 Å². The fraction of sp³-hybridized carbons (Fsp3) is 0.571. The van der Waals surface area contributed by atoms with E-state index in [1.807, 2.05) is 4.90 Å². The van der Waals surface area contributed by atoms with Crippen molar-refractivity contribution < 1.29 is 27.8 Å². The lowest BCUT2D eigenvalue weighted by molar-refractivity contribution is -0.137. The van der Waals surface area contributed by atoms with Gasteiger partial charge < -0.3 is 14.7 Å². The summed E-state index contributed by atoms with van der Waals surface area (Å²) >= 11 is 5.57. The molecule has 0 spiro atoms. The number of amides is 1. The highest BCUT2D eigenvalue weighted by atomic mass is 32.1. The van der Waals surface area contributed by atoms with Crippen molar-refractivity contribution in [1.82, 2.24) is 4.90 Å². The number of benzene rings is 1. The number of aliphatic hydroxyl groups excluding tert-OH is 1. The van der Waals surface area contributed by atoms with Gasteiger partial charge in [-0.2, -0.15) is 18.4 Å². The molecule has 0 bridgehead atoms. The zero-order valence-corrected chi connectivity index (χ0v) is 18.1. The molecule has 31 heavy (non-hydrogen) atoms. The molecule has 1 saturated heterocycles. The van der Waals surface area contributed by atoms with E-state index in [2.05, 4.69) is 0 Å². The van der Waals surface area contributed by atoms with Crippen molar-refractivity contribution in [1.29, 1.82) is 5.26 Å². The Morgan fingerprint density at radius 2 is 1.94 bits per heavy atom. The lowest BCUT2D eigenvalue weighted by Crippen LogP contribution is -2.51. The molecule has 1 aliphatic heterocycles. The van der Waals surface area contributed by atoms with Gasteiger partial charge in [0.2, 0.25) is 0 Å². The number of carbonyl (C=O) groups excluding carboxylic acids is 1. The van der Waals surface area contributed by atoms with Crippen LogP contribution >= 0.6 is 12.2 Å². The Morgan fingerprint density at radius 1 is 1.29 bits per heavy atom. The maximum Gasteiger partial charge on any atom is 0.417 e. The van der Waals surface area contributed by atoms with Crippen LogP contribution in [0.4, 0.5) is 18.9 Å². The summed E-state index contributed by atoms with van der Waals surface area (Å²) in [4.78, 5) is 16.2. The first-order valence-corrected chi connectivity index (χ1v) is 10.4. The SMILES string of the molecule is CC1(C)C(=O)N(c2ccc(C#N)c(C(F)(F)F)c2)C(=S)N1[C@H]1CC[C@H](OCCO)CC1. The summed E-state index contributed by atoms with van der Waals surface area (Å²) in [6, 6.07) is 4.68. The van der Waals surface area contributed by atoms with E-state index in [4.69, 9.17) is 27.3 Å². The number of nitriles is 1. The number of thiocarbonyl (C=S) groups is 1. The molecule has 1 N–H and O–H groups in total. The van der Waals surface area contributed by atoms with Gasteiger partial charge in [-0.05, 0) is 69.9 Å². The fourth-order valence-corrected chi connectivity index (χ4v) is 4.91. The van der Waals surface area contributed by atoms with Crippen molar-refractivity contribution in [3.63, 3.8) is 0 Å². The minimum Gasteiger partial charge on any atom is -0.394 e. The van der Waals surface area contributed by atoms with Gasteiger partial charge in [0.1, 0.15) is 5.54 Å². The van der Waals surface area contributed by atoms with E-state index in [-0.39, 0.29) is 36.2 Å². The largest absolute Gasteiger partial charge is 0.417 e. The highest BCUT2D eigenvalue weighted by Crippen LogP contribution is 2.40. The second-order valence-corrected chi connectivity index (χ2v) is 8.58. The van der Waals surface area contributed by atoms with Crippen LogP contribution in [-0.4, -0.2) is 51.9 Å². The standard InChI is InChI=1S/C21H24F3N3O3S/c1-20(2)18(29)26(15-4-3-13(12-25)17(11-15)21(22,23)24)19(31)27(20)14-5-7-16(8-6-14)30-10-9-28/h3-4,11,14,16,28H,5-10H2,1-2H3/t14-,16-. The molecule has 1 heterocycles. The maximum atomic E-state index is 13.4. The maximum absolute atomic E-state index is 13.4. The lowest BCUT2D eigenvalue weighted by atomic mass is 9.89. The van der Waals surface area contributed by atoms with Crippen molar-refractivity contribution in [2.45, 2.75) is 63.4 Å². The normalized spacial score (nSPS) is 23.9. The van der Waals surface area contributed by atoms with E-state index in [0.717, 1.165) is 29.9 Å². The molecule has 1 saturated carbocycles. The zero-order chi connectivity index (χ0) is 23.0. The minimum atomic E-state index is -4.73. The van der Waals surface area contributed by atoms with Crippen molar-refractivity contribution in [3.8, 4) is 6.07 Å². The van der Waals surface area contributed by atoms with Crippen LogP contribution in [0.25, 0.3) is 0 Å². The van der Waals surface area contributed by atoms with E-state index in [1.165, 1.54) is 6.07 Å². The number of carbonyl (C=O) groups is 1. The third kappa shape index (κ3) is 4.40. The molecule has 168 valence electrons. The molecule has 1 aliphatic carbocycles. The first kappa shape index (κ1) is 23.4. The second-order valence-electron chi connectivity index (χ2n) is 8.22. The average Bonchev–Trinajstić information content (AvgIpc) is 2.90. The number of halogens is 3. The summed E-state index contributed by atoms with van der Waals surface area (Å²) in [7, 11) is 0. The number of ether oxygens (including phenoxy) is 1. The number of nitrogens with zero attached hydrogens (tertiary/aromatic N) is 3. The van der Waals surface area contributed by atoms with Gasteiger partial charge in [0.05, 0.1) is 42.2 Å². The van der Waals surface area contributed by atoms with Gasteiger partial charge in [-0.15, -0.1) is 0 Å². The monoisotopic (exact) mass is 455 g/mol. The average molecular weight is 456 g/mol. The molecule has 0 radical (unpaired) electrons. The van der Waals surface area contributed by atoms with E-state index in [9.17, 15) is 18.0 Å². The first-order valence-electron chi connectivity index (χ1n) is 10.0. The minimum absolute atomic E-state index is 0.00290. The predicted octanol–water partition coefficient (Wildman–Crippen LogP) is 3.61. The quantitative estimate of drug-likeness (QED) is 0.684. The molecule has 1 aromatic rings. The van der Waals surface area contributed by atoms with E-state index in [1.54, 1.807) is 19.9 Å². The molecule has 0 unspecified atom stereocenters. The Labute approximate surface area is 184 Å². The van der Waals surface area contributed by atoms with Crippen LogP contribution in [0.2, 0.25) is 0 Å². The van der Waals surface area contributed by atoms with Gasteiger partial charge in [0.25, 0.3) is 5.91 Å². The second kappa shape index (κ2) is 8.73.